The van der Waals surface area contributed by atoms with E-state index in [2.05, 4.69) is 15.3 Å². The third kappa shape index (κ3) is 3.77. The number of amides is 1. The van der Waals surface area contributed by atoms with E-state index >= 15 is 0 Å². The number of H-pyrrole nitrogens is 1. The number of hydrogen-bond acceptors (Lipinski definition) is 5. The second kappa shape index (κ2) is 7.79. The van der Waals surface area contributed by atoms with Gasteiger partial charge in [-0.25, -0.2) is 4.98 Å². The Morgan fingerprint density at radius 3 is 2.53 bits per heavy atom. The molecule has 0 bridgehead atoms. The van der Waals surface area contributed by atoms with Crippen LogP contribution in [0.15, 0.2) is 59.5 Å². The Kier molecular flexibility index (Phi) is 5.02. The van der Waals surface area contributed by atoms with E-state index < -0.39 is 5.91 Å². The molecular weight excluding hydrogens is 378 g/mol. The lowest BCUT2D eigenvalue weighted by molar-refractivity contribution is 0.100. The van der Waals surface area contributed by atoms with Crippen LogP contribution in [0.5, 0.6) is 0 Å². The summed E-state index contributed by atoms with van der Waals surface area (Å²) in [5.41, 5.74) is 9.93. The van der Waals surface area contributed by atoms with Gasteiger partial charge in [-0.2, -0.15) is 0 Å². The number of rotatable bonds is 5. The number of carbonyl (C=O) groups is 1. The van der Waals surface area contributed by atoms with Crippen molar-refractivity contribution in [3.63, 3.8) is 0 Å². The lowest BCUT2D eigenvalue weighted by Gasteiger charge is -2.13. The summed E-state index contributed by atoms with van der Waals surface area (Å²) >= 11 is 0. The maximum atomic E-state index is 12.5. The van der Waals surface area contributed by atoms with E-state index in [0.717, 1.165) is 33.6 Å². The molecule has 30 heavy (non-hydrogen) atoms. The number of aromatic amines is 1. The third-order valence-electron chi connectivity index (χ3n) is 4.95. The molecule has 4 N–H and O–H groups in total. The molecule has 7 nitrogen and oxygen atoms in total. The average Bonchev–Trinajstić information content (AvgIpc) is 2.72. The fourth-order valence-corrected chi connectivity index (χ4v) is 3.41. The summed E-state index contributed by atoms with van der Waals surface area (Å²) in [6, 6.07) is 14.7. The fraction of sp³-hybridized carbons (Fsp3) is 0.130. The maximum Gasteiger partial charge on any atom is 0.259 e. The molecule has 1 aromatic carbocycles. The first kappa shape index (κ1) is 19.3. The molecule has 0 radical (unpaired) electrons. The molecule has 0 fully saturated rings. The van der Waals surface area contributed by atoms with Crippen molar-refractivity contribution in [3.05, 3.63) is 87.6 Å². The Balaban J connectivity index is 1.75. The molecule has 150 valence electrons. The molecule has 0 aliphatic rings. The number of nitrogens with one attached hydrogen (secondary N) is 2. The Bertz CT molecular complexity index is 1310. The van der Waals surface area contributed by atoms with E-state index in [9.17, 15) is 9.59 Å². The van der Waals surface area contributed by atoms with Crippen molar-refractivity contribution < 1.29 is 4.79 Å². The predicted octanol–water partition coefficient (Wildman–Crippen LogP) is 3.31. The van der Waals surface area contributed by atoms with Gasteiger partial charge in [0, 0.05) is 35.3 Å². The minimum Gasteiger partial charge on any atom is -0.366 e. The van der Waals surface area contributed by atoms with Crippen LogP contribution in [-0.4, -0.2) is 20.9 Å². The van der Waals surface area contributed by atoms with Crippen molar-refractivity contribution >= 4 is 22.5 Å². The molecule has 0 atom stereocenters. The SMILES string of the molecule is Cc1ccc(-c2cc3cc[nH]c(=O)c3c(NCc3ccc(C(N)=O)cc3)n2)c(C)n1. The van der Waals surface area contributed by atoms with Gasteiger partial charge in [0.05, 0.1) is 11.1 Å². The van der Waals surface area contributed by atoms with E-state index in [1.54, 1.807) is 18.3 Å². The Labute approximate surface area is 173 Å². The summed E-state index contributed by atoms with van der Waals surface area (Å²) in [6.07, 6.45) is 1.63. The van der Waals surface area contributed by atoms with Crippen LogP contribution in [0, 0.1) is 13.8 Å². The van der Waals surface area contributed by atoms with E-state index in [-0.39, 0.29) is 5.56 Å². The second-order valence-electron chi connectivity index (χ2n) is 7.13. The van der Waals surface area contributed by atoms with E-state index in [1.165, 1.54) is 0 Å². The number of anilines is 1. The molecule has 3 heterocycles. The minimum atomic E-state index is -0.469. The first-order valence-corrected chi connectivity index (χ1v) is 9.52. The normalized spacial score (nSPS) is 10.9. The van der Waals surface area contributed by atoms with Gasteiger partial charge in [0.25, 0.3) is 5.56 Å². The standard InChI is InChI=1S/C23H21N5O2/c1-13-3-8-18(14(2)27-13)19-11-17-9-10-25-23(30)20(17)22(28-19)26-12-15-4-6-16(7-5-15)21(24)29/h3-11H,12H2,1-2H3,(H2,24,29)(H,25,30)(H,26,28). The molecule has 0 aliphatic carbocycles. The lowest BCUT2D eigenvalue weighted by Crippen LogP contribution is -2.12. The summed E-state index contributed by atoms with van der Waals surface area (Å²) in [6.45, 7) is 4.32. The maximum absolute atomic E-state index is 12.5. The molecule has 4 aromatic rings. The van der Waals surface area contributed by atoms with Gasteiger partial charge in [0.15, 0.2) is 0 Å². The molecule has 7 heteroatoms. The molecule has 0 saturated heterocycles. The molecule has 0 aliphatic heterocycles. The molecule has 0 unspecified atom stereocenters. The summed E-state index contributed by atoms with van der Waals surface area (Å²) in [5, 5.41) is 4.55. The molecule has 4 rings (SSSR count). The van der Waals surface area contributed by atoms with Gasteiger partial charge >= 0.3 is 0 Å². The number of benzene rings is 1. The van der Waals surface area contributed by atoms with Crippen molar-refractivity contribution in [1.82, 2.24) is 15.0 Å². The monoisotopic (exact) mass is 399 g/mol. The number of nitrogens with two attached hydrogens (primary N) is 1. The highest BCUT2D eigenvalue weighted by atomic mass is 16.1. The number of pyridine rings is 3. The van der Waals surface area contributed by atoms with Crippen LogP contribution in [0.2, 0.25) is 0 Å². The van der Waals surface area contributed by atoms with Gasteiger partial charge in [-0.3, -0.25) is 14.6 Å². The van der Waals surface area contributed by atoms with Crippen molar-refractivity contribution in [3.8, 4) is 11.3 Å². The highest BCUT2D eigenvalue weighted by Crippen LogP contribution is 2.27. The smallest absolute Gasteiger partial charge is 0.259 e. The number of primary amides is 1. The number of carbonyl (C=O) groups excluding carboxylic acids is 1. The van der Waals surface area contributed by atoms with Crippen LogP contribution >= 0.6 is 0 Å². The van der Waals surface area contributed by atoms with Crippen LogP contribution in [0.3, 0.4) is 0 Å². The predicted molar refractivity (Wildman–Crippen MR) is 117 cm³/mol. The average molecular weight is 399 g/mol. The van der Waals surface area contributed by atoms with Crippen LogP contribution in [-0.2, 0) is 6.54 Å². The van der Waals surface area contributed by atoms with Crippen LogP contribution in [0.1, 0.15) is 27.3 Å². The Morgan fingerprint density at radius 2 is 1.83 bits per heavy atom. The van der Waals surface area contributed by atoms with E-state index in [0.29, 0.717) is 23.3 Å². The second-order valence-corrected chi connectivity index (χ2v) is 7.13. The topological polar surface area (TPSA) is 114 Å². The van der Waals surface area contributed by atoms with Gasteiger partial charge in [0.2, 0.25) is 5.91 Å². The van der Waals surface area contributed by atoms with E-state index in [4.69, 9.17) is 10.7 Å². The zero-order valence-electron chi connectivity index (χ0n) is 16.7. The third-order valence-corrected chi connectivity index (χ3v) is 4.95. The zero-order chi connectivity index (χ0) is 21.3. The largest absolute Gasteiger partial charge is 0.366 e. The summed E-state index contributed by atoms with van der Waals surface area (Å²) in [7, 11) is 0. The highest BCUT2D eigenvalue weighted by molar-refractivity contribution is 5.94. The fourth-order valence-electron chi connectivity index (χ4n) is 3.41. The van der Waals surface area contributed by atoms with Crippen molar-refractivity contribution in [2.75, 3.05) is 5.32 Å². The number of aromatic nitrogens is 3. The minimum absolute atomic E-state index is 0.211. The molecular formula is C23H21N5O2. The molecule has 1 amide bonds. The Hall–Kier alpha value is -4.00. The quantitative estimate of drug-likeness (QED) is 0.476. The molecule has 3 aromatic heterocycles. The first-order valence-electron chi connectivity index (χ1n) is 9.52. The summed E-state index contributed by atoms with van der Waals surface area (Å²) in [5.74, 6) is 0.0202. The number of aryl methyl sites for hydroxylation is 2. The summed E-state index contributed by atoms with van der Waals surface area (Å²) < 4.78 is 0. The number of fused-ring (bicyclic) bond motifs is 1. The van der Waals surface area contributed by atoms with Gasteiger partial charge in [-0.1, -0.05) is 12.1 Å². The van der Waals surface area contributed by atoms with Gasteiger partial charge in [0.1, 0.15) is 5.82 Å². The number of hydrogen-bond donors (Lipinski definition) is 3. The van der Waals surface area contributed by atoms with Crippen LogP contribution in [0.4, 0.5) is 5.82 Å². The van der Waals surface area contributed by atoms with Crippen LogP contribution < -0.4 is 16.6 Å². The van der Waals surface area contributed by atoms with Gasteiger partial charge < -0.3 is 16.0 Å². The molecule has 0 spiro atoms. The van der Waals surface area contributed by atoms with E-state index in [1.807, 2.05) is 50.2 Å². The zero-order valence-corrected chi connectivity index (χ0v) is 16.7. The molecule has 0 saturated carbocycles. The highest BCUT2D eigenvalue weighted by Gasteiger charge is 2.13. The van der Waals surface area contributed by atoms with Gasteiger partial charge in [-0.15, -0.1) is 0 Å². The van der Waals surface area contributed by atoms with Crippen molar-refractivity contribution in [1.29, 1.82) is 0 Å². The first-order chi connectivity index (χ1) is 14.4. The summed E-state index contributed by atoms with van der Waals surface area (Å²) in [4.78, 5) is 35.7. The van der Waals surface area contributed by atoms with Gasteiger partial charge in [-0.05, 0) is 61.2 Å². The number of nitrogens with zero attached hydrogens (tertiary/aromatic N) is 2. The van der Waals surface area contributed by atoms with Crippen molar-refractivity contribution in [2.45, 2.75) is 20.4 Å². The lowest BCUT2D eigenvalue weighted by atomic mass is 10.1. The van der Waals surface area contributed by atoms with Crippen LogP contribution in [0.25, 0.3) is 22.0 Å². The van der Waals surface area contributed by atoms with Crippen molar-refractivity contribution in [2.24, 2.45) is 5.73 Å². The Morgan fingerprint density at radius 1 is 1.07 bits per heavy atom.